The summed E-state index contributed by atoms with van der Waals surface area (Å²) in [4.78, 5) is 14.0. The Kier molecular flexibility index (Phi) is 6.32. The van der Waals surface area contributed by atoms with Gasteiger partial charge in [-0.3, -0.25) is 14.9 Å². The Hall–Kier alpha value is -1.86. The van der Waals surface area contributed by atoms with Crippen LogP contribution in [0.2, 0.25) is 0 Å². The molecule has 1 atom stereocenters. The van der Waals surface area contributed by atoms with E-state index in [4.69, 9.17) is 9.47 Å². The Bertz CT molecular complexity index is 643. The van der Waals surface area contributed by atoms with Crippen molar-refractivity contribution >= 4 is 5.96 Å². The number of nitrogens with zero attached hydrogens (tertiary/aromatic N) is 4. The van der Waals surface area contributed by atoms with Crippen LogP contribution in [-0.2, 0) is 11.3 Å². The summed E-state index contributed by atoms with van der Waals surface area (Å²) in [5.74, 6) is 1.86. The van der Waals surface area contributed by atoms with Crippen molar-refractivity contribution in [1.82, 2.24) is 20.1 Å². The molecule has 2 saturated heterocycles. The molecule has 7 heteroatoms. The Morgan fingerprint density at radius 3 is 2.81 bits per heavy atom. The van der Waals surface area contributed by atoms with Gasteiger partial charge in [-0.2, -0.15) is 0 Å². The lowest BCUT2D eigenvalue weighted by molar-refractivity contribution is 0.0195. The minimum atomic E-state index is 0.594. The lowest BCUT2D eigenvalue weighted by Gasteiger charge is -2.32. The van der Waals surface area contributed by atoms with Crippen LogP contribution in [0, 0.1) is 13.8 Å². The van der Waals surface area contributed by atoms with E-state index in [1.54, 1.807) is 7.11 Å². The van der Waals surface area contributed by atoms with Gasteiger partial charge in [0.15, 0.2) is 5.96 Å². The summed E-state index contributed by atoms with van der Waals surface area (Å²) in [5.41, 5.74) is 3.15. The molecule has 3 heterocycles. The Morgan fingerprint density at radius 2 is 2.12 bits per heavy atom. The van der Waals surface area contributed by atoms with Crippen molar-refractivity contribution in [2.45, 2.75) is 32.9 Å². The van der Waals surface area contributed by atoms with Crippen molar-refractivity contribution in [1.29, 1.82) is 0 Å². The van der Waals surface area contributed by atoms with E-state index < -0.39 is 0 Å². The third-order valence-corrected chi connectivity index (χ3v) is 5.40. The summed E-state index contributed by atoms with van der Waals surface area (Å²) in [6.07, 6.45) is 3.05. The van der Waals surface area contributed by atoms with Crippen LogP contribution in [0.1, 0.15) is 23.2 Å². The average Bonchev–Trinajstić information content (AvgIpc) is 3.15. The SMILES string of the molecule is CN=C(NCc1ncc(C)c(OC)c1C)N1CCC(N2CCOCC2)C1. The normalized spacial score (nSPS) is 21.9. The molecule has 0 spiro atoms. The zero-order valence-electron chi connectivity index (χ0n) is 16.4. The highest BCUT2D eigenvalue weighted by atomic mass is 16.5. The molecule has 1 aromatic rings. The molecule has 0 radical (unpaired) electrons. The van der Waals surface area contributed by atoms with E-state index in [0.29, 0.717) is 12.6 Å². The van der Waals surface area contributed by atoms with Gasteiger partial charge in [0.1, 0.15) is 5.75 Å². The van der Waals surface area contributed by atoms with E-state index in [9.17, 15) is 0 Å². The number of rotatable bonds is 4. The van der Waals surface area contributed by atoms with Gasteiger partial charge in [0.25, 0.3) is 0 Å². The minimum Gasteiger partial charge on any atom is -0.496 e. The first-order chi connectivity index (χ1) is 12.6. The molecule has 26 heavy (non-hydrogen) atoms. The largest absolute Gasteiger partial charge is 0.496 e. The molecule has 2 fully saturated rings. The second-order valence-corrected chi connectivity index (χ2v) is 6.98. The number of nitrogens with one attached hydrogen (secondary N) is 1. The standard InChI is InChI=1S/C19H31N5O2/c1-14-11-21-17(15(2)18(14)25-4)12-22-19(20-3)24-6-5-16(13-24)23-7-9-26-10-8-23/h11,16H,5-10,12-13H2,1-4H3,(H,20,22). The van der Waals surface area contributed by atoms with Crippen molar-refractivity contribution < 1.29 is 9.47 Å². The van der Waals surface area contributed by atoms with Crippen LogP contribution in [0.15, 0.2) is 11.2 Å². The fourth-order valence-electron chi connectivity index (χ4n) is 3.92. The van der Waals surface area contributed by atoms with Gasteiger partial charge in [0, 0.05) is 56.6 Å². The number of morpholine rings is 1. The first-order valence-corrected chi connectivity index (χ1v) is 9.40. The van der Waals surface area contributed by atoms with Crippen LogP contribution in [-0.4, -0.2) is 80.3 Å². The Labute approximate surface area is 156 Å². The van der Waals surface area contributed by atoms with Crippen LogP contribution in [0.25, 0.3) is 0 Å². The smallest absolute Gasteiger partial charge is 0.194 e. The molecule has 1 N–H and O–H groups in total. The first kappa shape index (κ1) is 18.9. The maximum Gasteiger partial charge on any atom is 0.194 e. The number of aryl methyl sites for hydroxylation is 1. The zero-order valence-corrected chi connectivity index (χ0v) is 16.4. The van der Waals surface area contributed by atoms with Crippen LogP contribution in [0.5, 0.6) is 5.75 Å². The molecule has 3 rings (SSSR count). The van der Waals surface area contributed by atoms with Crippen molar-refractivity contribution in [3.63, 3.8) is 0 Å². The van der Waals surface area contributed by atoms with E-state index >= 15 is 0 Å². The number of ether oxygens (including phenoxy) is 2. The van der Waals surface area contributed by atoms with Crippen LogP contribution < -0.4 is 10.1 Å². The van der Waals surface area contributed by atoms with Crippen LogP contribution in [0.4, 0.5) is 0 Å². The molecule has 0 aromatic carbocycles. The van der Waals surface area contributed by atoms with Crippen molar-refractivity contribution in [2.75, 3.05) is 53.6 Å². The number of hydrogen-bond acceptors (Lipinski definition) is 5. The minimum absolute atomic E-state index is 0.594. The predicted octanol–water partition coefficient (Wildman–Crippen LogP) is 1.19. The topological polar surface area (TPSA) is 62.2 Å². The third kappa shape index (κ3) is 4.10. The predicted molar refractivity (Wildman–Crippen MR) is 103 cm³/mol. The summed E-state index contributed by atoms with van der Waals surface area (Å²) in [6.45, 7) is 10.6. The van der Waals surface area contributed by atoms with Gasteiger partial charge < -0.3 is 19.7 Å². The number of methoxy groups -OCH3 is 1. The summed E-state index contributed by atoms with van der Waals surface area (Å²) in [5, 5.41) is 3.48. The van der Waals surface area contributed by atoms with Crippen molar-refractivity contribution in [3.05, 3.63) is 23.0 Å². The number of aromatic nitrogens is 1. The van der Waals surface area contributed by atoms with Crippen molar-refractivity contribution in [2.24, 2.45) is 4.99 Å². The Morgan fingerprint density at radius 1 is 1.35 bits per heavy atom. The van der Waals surface area contributed by atoms with E-state index in [0.717, 1.165) is 67.9 Å². The molecule has 2 aliphatic heterocycles. The summed E-state index contributed by atoms with van der Waals surface area (Å²) in [6, 6.07) is 0.594. The molecule has 144 valence electrons. The van der Waals surface area contributed by atoms with Gasteiger partial charge in [0.05, 0.1) is 32.6 Å². The lowest BCUT2D eigenvalue weighted by Crippen LogP contribution is -2.46. The summed E-state index contributed by atoms with van der Waals surface area (Å²) >= 11 is 0. The lowest BCUT2D eigenvalue weighted by atomic mass is 10.1. The molecular formula is C19H31N5O2. The van der Waals surface area contributed by atoms with Gasteiger partial charge in [-0.25, -0.2) is 0 Å². The Balaban J connectivity index is 1.59. The van der Waals surface area contributed by atoms with Gasteiger partial charge in [-0.15, -0.1) is 0 Å². The van der Waals surface area contributed by atoms with E-state index in [2.05, 4.69) is 32.0 Å². The van der Waals surface area contributed by atoms with E-state index in [-0.39, 0.29) is 0 Å². The fraction of sp³-hybridized carbons (Fsp3) is 0.684. The summed E-state index contributed by atoms with van der Waals surface area (Å²) in [7, 11) is 3.56. The average molecular weight is 361 g/mol. The quantitative estimate of drug-likeness (QED) is 0.642. The summed E-state index contributed by atoms with van der Waals surface area (Å²) < 4.78 is 11.0. The number of likely N-dealkylation sites (tertiary alicyclic amines) is 1. The second kappa shape index (κ2) is 8.68. The second-order valence-electron chi connectivity index (χ2n) is 6.98. The molecule has 0 saturated carbocycles. The molecule has 1 unspecified atom stereocenters. The highest BCUT2D eigenvalue weighted by molar-refractivity contribution is 5.80. The van der Waals surface area contributed by atoms with E-state index in [1.165, 1.54) is 6.42 Å². The van der Waals surface area contributed by atoms with Crippen LogP contribution in [0.3, 0.4) is 0 Å². The number of guanidine groups is 1. The van der Waals surface area contributed by atoms with Crippen LogP contribution >= 0.6 is 0 Å². The van der Waals surface area contributed by atoms with Gasteiger partial charge in [-0.05, 0) is 20.3 Å². The molecule has 0 aliphatic carbocycles. The highest BCUT2D eigenvalue weighted by Crippen LogP contribution is 2.24. The first-order valence-electron chi connectivity index (χ1n) is 9.40. The van der Waals surface area contributed by atoms with Gasteiger partial charge in [-0.1, -0.05) is 0 Å². The molecular weight excluding hydrogens is 330 g/mol. The maximum atomic E-state index is 5.51. The fourth-order valence-corrected chi connectivity index (χ4v) is 3.92. The molecule has 7 nitrogen and oxygen atoms in total. The molecule has 2 aliphatic rings. The van der Waals surface area contributed by atoms with Gasteiger partial charge in [0.2, 0.25) is 0 Å². The number of aliphatic imine (C=N–C) groups is 1. The molecule has 0 bridgehead atoms. The highest BCUT2D eigenvalue weighted by Gasteiger charge is 2.30. The zero-order chi connectivity index (χ0) is 18.5. The third-order valence-electron chi connectivity index (χ3n) is 5.40. The monoisotopic (exact) mass is 361 g/mol. The number of pyridine rings is 1. The van der Waals surface area contributed by atoms with Crippen molar-refractivity contribution in [3.8, 4) is 5.75 Å². The van der Waals surface area contributed by atoms with E-state index in [1.807, 2.05) is 20.2 Å². The number of hydrogen-bond donors (Lipinski definition) is 1. The molecule has 0 amide bonds. The molecule has 1 aromatic heterocycles. The maximum absolute atomic E-state index is 5.51. The van der Waals surface area contributed by atoms with Gasteiger partial charge >= 0.3 is 0 Å².